The summed E-state index contributed by atoms with van der Waals surface area (Å²) in [6.45, 7) is 5.37. The first-order chi connectivity index (χ1) is 20.3. The Balaban J connectivity index is 1.45. The molecule has 8 nitrogen and oxygen atoms in total. The number of nitro benzene ring substituents is 1. The van der Waals surface area contributed by atoms with E-state index in [9.17, 15) is 14.9 Å². The van der Waals surface area contributed by atoms with Crippen molar-refractivity contribution in [2.24, 2.45) is 0 Å². The van der Waals surface area contributed by atoms with Crippen molar-refractivity contribution < 1.29 is 23.9 Å². The van der Waals surface area contributed by atoms with Crippen LogP contribution in [-0.2, 0) is 22.6 Å². The molecule has 0 fully saturated rings. The topological polar surface area (TPSA) is 91.1 Å². The third-order valence-corrected chi connectivity index (χ3v) is 6.87. The molecule has 0 aliphatic rings. The van der Waals surface area contributed by atoms with Crippen LogP contribution in [0.1, 0.15) is 36.5 Å². The van der Waals surface area contributed by atoms with E-state index >= 15 is 0 Å². The number of ether oxygens (including phenoxy) is 3. The molecule has 9 heteroatoms. The molecular weight excluding hydrogens is 556 g/mol. The molecule has 218 valence electrons. The SMILES string of the molecule is CCOC(=O)CCCOc1cc(Oc2ccc(CN(Cc3ccccc3)c3cccc([N+](=O)[O-])c3C)cc2)ccc1Cl. The highest BCUT2D eigenvalue weighted by molar-refractivity contribution is 6.32. The van der Waals surface area contributed by atoms with Gasteiger partial charge in [0.15, 0.2) is 0 Å². The Morgan fingerprint density at radius 3 is 2.29 bits per heavy atom. The highest BCUT2D eigenvalue weighted by Gasteiger charge is 2.18. The minimum atomic E-state index is -0.345. The van der Waals surface area contributed by atoms with Crippen LogP contribution < -0.4 is 14.4 Å². The molecule has 42 heavy (non-hydrogen) atoms. The minimum Gasteiger partial charge on any atom is -0.492 e. The zero-order chi connectivity index (χ0) is 29.9. The summed E-state index contributed by atoms with van der Waals surface area (Å²) in [5.41, 5.74) is 3.65. The van der Waals surface area contributed by atoms with Crippen molar-refractivity contribution in [3.63, 3.8) is 0 Å². The summed E-state index contributed by atoms with van der Waals surface area (Å²) in [5, 5.41) is 12.0. The Morgan fingerprint density at radius 1 is 0.905 bits per heavy atom. The molecule has 0 spiro atoms. The number of nitro groups is 1. The van der Waals surface area contributed by atoms with Crippen LogP contribution in [0.4, 0.5) is 11.4 Å². The number of carbonyl (C=O) groups is 1. The van der Waals surface area contributed by atoms with Crippen LogP contribution in [0.5, 0.6) is 17.2 Å². The molecule has 4 aromatic rings. The fourth-order valence-electron chi connectivity index (χ4n) is 4.49. The minimum absolute atomic E-state index is 0.0969. The van der Waals surface area contributed by atoms with Crippen molar-refractivity contribution >= 4 is 28.9 Å². The summed E-state index contributed by atoms with van der Waals surface area (Å²) in [4.78, 5) is 24.9. The van der Waals surface area contributed by atoms with E-state index in [2.05, 4.69) is 4.90 Å². The number of hydrogen-bond donors (Lipinski definition) is 0. The number of esters is 1. The van der Waals surface area contributed by atoms with Gasteiger partial charge in [-0.05, 0) is 61.7 Å². The zero-order valence-corrected chi connectivity index (χ0v) is 24.4. The van der Waals surface area contributed by atoms with Gasteiger partial charge < -0.3 is 19.1 Å². The number of nitrogens with zero attached hydrogens (tertiary/aromatic N) is 2. The van der Waals surface area contributed by atoms with Crippen LogP contribution in [0.2, 0.25) is 5.02 Å². The highest BCUT2D eigenvalue weighted by atomic mass is 35.5. The molecule has 0 saturated heterocycles. The molecule has 0 aliphatic carbocycles. The lowest BCUT2D eigenvalue weighted by atomic mass is 10.1. The molecule has 0 aromatic heterocycles. The lowest BCUT2D eigenvalue weighted by Gasteiger charge is -2.27. The van der Waals surface area contributed by atoms with E-state index in [4.69, 9.17) is 25.8 Å². The number of carbonyl (C=O) groups excluding carboxylic acids is 1. The quantitative estimate of drug-likeness (QED) is 0.0633. The van der Waals surface area contributed by atoms with Crippen LogP contribution in [0.3, 0.4) is 0 Å². The summed E-state index contributed by atoms with van der Waals surface area (Å²) in [6.07, 6.45) is 0.788. The second-order valence-electron chi connectivity index (χ2n) is 9.62. The van der Waals surface area contributed by atoms with E-state index < -0.39 is 0 Å². The molecule has 4 aromatic carbocycles. The fourth-order valence-corrected chi connectivity index (χ4v) is 4.66. The normalized spacial score (nSPS) is 10.6. The summed E-state index contributed by atoms with van der Waals surface area (Å²) in [5.74, 6) is 1.41. The molecule has 0 N–H and O–H groups in total. The maximum atomic E-state index is 11.6. The molecule has 0 heterocycles. The van der Waals surface area contributed by atoms with E-state index in [0.29, 0.717) is 60.6 Å². The molecule has 0 amide bonds. The van der Waals surface area contributed by atoms with Gasteiger partial charge in [0.1, 0.15) is 17.2 Å². The second-order valence-corrected chi connectivity index (χ2v) is 10.0. The summed E-state index contributed by atoms with van der Waals surface area (Å²) in [6, 6.07) is 28.1. The smallest absolute Gasteiger partial charge is 0.305 e. The van der Waals surface area contributed by atoms with Gasteiger partial charge in [0.2, 0.25) is 0 Å². The van der Waals surface area contributed by atoms with Gasteiger partial charge in [-0.1, -0.05) is 60.1 Å². The van der Waals surface area contributed by atoms with Crippen molar-refractivity contribution in [2.75, 3.05) is 18.1 Å². The van der Waals surface area contributed by atoms with Crippen molar-refractivity contribution in [1.82, 2.24) is 0 Å². The van der Waals surface area contributed by atoms with Crippen LogP contribution in [0.15, 0.2) is 91.0 Å². The molecular formula is C33H33ClN2O6. The average Bonchev–Trinajstić information content (AvgIpc) is 2.98. The largest absolute Gasteiger partial charge is 0.492 e. The first-order valence-corrected chi connectivity index (χ1v) is 14.1. The van der Waals surface area contributed by atoms with Gasteiger partial charge in [-0.25, -0.2) is 0 Å². The van der Waals surface area contributed by atoms with Crippen molar-refractivity contribution in [3.05, 3.63) is 123 Å². The Labute approximate surface area is 250 Å². The molecule has 0 atom stereocenters. The van der Waals surface area contributed by atoms with Crippen molar-refractivity contribution in [2.45, 2.75) is 39.8 Å². The van der Waals surface area contributed by atoms with Crippen LogP contribution in [0.25, 0.3) is 0 Å². The lowest BCUT2D eigenvalue weighted by Crippen LogP contribution is -2.23. The molecule has 4 rings (SSSR count). The standard InChI is InChI=1S/C33H33ClN2O6/c1-3-40-33(37)13-8-20-41-32-21-28(18-19-29(32)34)42-27-16-14-26(15-17-27)23-35(22-25-9-5-4-6-10-25)30-11-7-12-31(24(30)2)36(38)39/h4-7,9-12,14-19,21H,3,8,13,20,22-23H2,1-2H3. The van der Waals surface area contributed by atoms with Gasteiger partial charge >= 0.3 is 5.97 Å². The first-order valence-electron chi connectivity index (χ1n) is 13.7. The van der Waals surface area contributed by atoms with E-state index in [-0.39, 0.29) is 23.0 Å². The summed E-state index contributed by atoms with van der Waals surface area (Å²) < 4.78 is 16.7. The predicted octanol–water partition coefficient (Wildman–Crippen LogP) is 8.28. The van der Waals surface area contributed by atoms with E-state index in [1.807, 2.05) is 60.7 Å². The molecule has 0 saturated carbocycles. The van der Waals surface area contributed by atoms with Gasteiger partial charge in [-0.3, -0.25) is 14.9 Å². The van der Waals surface area contributed by atoms with Crippen LogP contribution in [0, 0.1) is 17.0 Å². The van der Waals surface area contributed by atoms with Gasteiger partial charge in [-0.2, -0.15) is 0 Å². The zero-order valence-electron chi connectivity index (χ0n) is 23.6. The van der Waals surface area contributed by atoms with E-state index in [1.165, 1.54) is 6.07 Å². The van der Waals surface area contributed by atoms with Crippen LogP contribution >= 0.6 is 11.6 Å². The maximum Gasteiger partial charge on any atom is 0.305 e. The van der Waals surface area contributed by atoms with E-state index in [1.54, 1.807) is 38.1 Å². The third kappa shape index (κ3) is 8.47. The van der Waals surface area contributed by atoms with Gasteiger partial charge in [0.25, 0.3) is 5.69 Å². The molecule has 0 radical (unpaired) electrons. The Morgan fingerprint density at radius 2 is 1.60 bits per heavy atom. The Kier molecular flexibility index (Phi) is 10.8. The monoisotopic (exact) mass is 588 g/mol. The predicted molar refractivity (Wildman–Crippen MR) is 163 cm³/mol. The van der Waals surface area contributed by atoms with Gasteiger partial charge in [0.05, 0.1) is 28.7 Å². The Hall–Kier alpha value is -4.56. The van der Waals surface area contributed by atoms with Crippen molar-refractivity contribution in [1.29, 1.82) is 0 Å². The fraction of sp³-hybridized carbons (Fsp3) is 0.242. The van der Waals surface area contributed by atoms with Crippen molar-refractivity contribution in [3.8, 4) is 17.2 Å². The molecule has 0 unspecified atom stereocenters. The molecule has 0 bridgehead atoms. The Bertz CT molecular complexity index is 1490. The number of benzene rings is 4. The maximum absolute atomic E-state index is 11.6. The number of rotatable bonds is 14. The van der Waals surface area contributed by atoms with E-state index in [0.717, 1.165) is 16.8 Å². The van der Waals surface area contributed by atoms with Gasteiger partial charge in [-0.15, -0.1) is 0 Å². The average molecular weight is 589 g/mol. The third-order valence-electron chi connectivity index (χ3n) is 6.55. The molecule has 0 aliphatic heterocycles. The number of halogens is 1. The number of hydrogen-bond acceptors (Lipinski definition) is 7. The van der Waals surface area contributed by atoms with Gasteiger partial charge in [0, 0.05) is 37.3 Å². The second kappa shape index (κ2) is 14.9. The van der Waals surface area contributed by atoms with Crippen LogP contribution in [-0.4, -0.2) is 24.1 Å². The lowest BCUT2D eigenvalue weighted by molar-refractivity contribution is -0.385. The summed E-state index contributed by atoms with van der Waals surface area (Å²) >= 11 is 6.29. The summed E-state index contributed by atoms with van der Waals surface area (Å²) in [7, 11) is 0. The highest BCUT2D eigenvalue weighted by Crippen LogP contribution is 2.33. The number of anilines is 1. The first kappa shape index (κ1) is 30.4.